The molecule has 0 unspecified atom stereocenters. The highest BCUT2D eigenvalue weighted by molar-refractivity contribution is 7.89. The number of hydrogen-bond donors (Lipinski definition) is 1. The van der Waals surface area contributed by atoms with Crippen molar-refractivity contribution in [3.63, 3.8) is 0 Å². The molecule has 2 aliphatic heterocycles. The van der Waals surface area contributed by atoms with Crippen LogP contribution in [0, 0.1) is 5.92 Å². The van der Waals surface area contributed by atoms with Gasteiger partial charge in [0.25, 0.3) is 0 Å². The number of ether oxygens (including phenoxy) is 2. The van der Waals surface area contributed by atoms with E-state index in [-0.39, 0.29) is 24.5 Å². The van der Waals surface area contributed by atoms with Crippen LogP contribution >= 0.6 is 0 Å². The number of carboxylic acid groups (broad SMARTS) is 1. The third kappa shape index (κ3) is 6.23. The lowest BCUT2D eigenvalue weighted by molar-refractivity contribution is -0.143. The first-order valence-corrected chi connectivity index (χ1v) is 14.3. The smallest absolute Gasteiger partial charge is 0.308 e. The first-order chi connectivity index (χ1) is 16.3. The van der Waals surface area contributed by atoms with Gasteiger partial charge in [0.1, 0.15) is 0 Å². The van der Waals surface area contributed by atoms with Gasteiger partial charge in [-0.3, -0.25) is 9.69 Å². The molecule has 2 aliphatic rings. The molecule has 192 valence electrons. The summed E-state index contributed by atoms with van der Waals surface area (Å²) in [6, 6.07) is 5.57. The van der Waals surface area contributed by atoms with Crippen molar-refractivity contribution in [3.8, 4) is 11.5 Å². The van der Waals surface area contributed by atoms with E-state index in [1.165, 1.54) is 0 Å². The van der Waals surface area contributed by atoms with Gasteiger partial charge in [0.05, 0.1) is 11.7 Å². The van der Waals surface area contributed by atoms with E-state index < -0.39 is 21.9 Å². The van der Waals surface area contributed by atoms with Gasteiger partial charge in [0.2, 0.25) is 16.8 Å². The van der Waals surface area contributed by atoms with Gasteiger partial charge >= 0.3 is 5.97 Å². The van der Waals surface area contributed by atoms with Gasteiger partial charge in [-0.05, 0) is 37.0 Å². The minimum atomic E-state index is -3.31. The minimum absolute atomic E-state index is 0.128. The van der Waals surface area contributed by atoms with Gasteiger partial charge in [-0.2, -0.15) is 0 Å². The summed E-state index contributed by atoms with van der Waals surface area (Å²) in [4.78, 5) is 14.7. The number of unbranched alkanes of at least 4 members (excludes halogenated alkanes) is 2. The van der Waals surface area contributed by atoms with Gasteiger partial charge < -0.3 is 14.6 Å². The molecule has 1 aromatic rings. The van der Waals surface area contributed by atoms with Crippen LogP contribution in [0.25, 0.3) is 0 Å². The first kappa shape index (κ1) is 26.8. The van der Waals surface area contributed by atoms with Gasteiger partial charge in [0, 0.05) is 38.1 Å². The van der Waals surface area contributed by atoms with Crippen LogP contribution in [0.15, 0.2) is 18.2 Å². The summed E-state index contributed by atoms with van der Waals surface area (Å²) in [6.07, 6.45) is 5.21. The standard InChI is InChI=1S/C25H40N2O6S/c1-4-7-8-9-21-24(25(28)29)20(19-10-11-22-23(16-19)33-18-32-22)17-26(21)13-14-27(12-5-2)34(30,31)15-6-3/h10-11,16,20-21,24H,4-9,12-15,17-18H2,1-3H3,(H,28,29)/t20-,21+,24-/m1/s1. The zero-order chi connectivity index (χ0) is 24.7. The largest absolute Gasteiger partial charge is 0.481 e. The van der Waals surface area contributed by atoms with Crippen LogP contribution in [0.5, 0.6) is 11.5 Å². The molecule has 1 fully saturated rings. The molecule has 0 saturated carbocycles. The molecule has 0 spiro atoms. The van der Waals surface area contributed by atoms with Gasteiger partial charge in [0.15, 0.2) is 11.5 Å². The van der Waals surface area contributed by atoms with Crippen molar-refractivity contribution < 1.29 is 27.8 Å². The Hall–Kier alpha value is -1.84. The summed E-state index contributed by atoms with van der Waals surface area (Å²) >= 11 is 0. The number of likely N-dealkylation sites (tertiary alicyclic amines) is 1. The van der Waals surface area contributed by atoms with E-state index in [0.29, 0.717) is 44.1 Å². The van der Waals surface area contributed by atoms with E-state index in [1.807, 2.05) is 32.0 Å². The lowest BCUT2D eigenvalue weighted by Gasteiger charge is -2.29. The van der Waals surface area contributed by atoms with Crippen LogP contribution in [0.1, 0.15) is 70.8 Å². The minimum Gasteiger partial charge on any atom is -0.481 e. The molecule has 0 aliphatic carbocycles. The Bertz CT molecular complexity index is 922. The van der Waals surface area contributed by atoms with Crippen molar-refractivity contribution >= 4 is 16.0 Å². The van der Waals surface area contributed by atoms with E-state index in [9.17, 15) is 18.3 Å². The number of benzene rings is 1. The molecule has 2 heterocycles. The van der Waals surface area contributed by atoms with Crippen molar-refractivity contribution in [2.75, 3.05) is 38.7 Å². The van der Waals surface area contributed by atoms with Crippen molar-refractivity contribution in [3.05, 3.63) is 23.8 Å². The Morgan fingerprint density at radius 1 is 1.09 bits per heavy atom. The molecule has 0 radical (unpaired) electrons. The molecule has 1 N–H and O–H groups in total. The molecular weight excluding hydrogens is 456 g/mol. The fraction of sp³-hybridized carbons (Fsp3) is 0.720. The molecule has 0 bridgehead atoms. The molecule has 34 heavy (non-hydrogen) atoms. The second-order valence-corrected chi connectivity index (χ2v) is 11.4. The number of rotatable bonds is 14. The van der Waals surface area contributed by atoms with E-state index in [2.05, 4.69) is 11.8 Å². The Morgan fingerprint density at radius 3 is 2.53 bits per heavy atom. The third-order valence-corrected chi connectivity index (χ3v) is 9.00. The second kappa shape index (κ2) is 12.2. The van der Waals surface area contributed by atoms with Crippen LogP contribution in [0.2, 0.25) is 0 Å². The number of hydrogen-bond acceptors (Lipinski definition) is 6. The van der Waals surface area contributed by atoms with Gasteiger partial charge in [-0.15, -0.1) is 0 Å². The van der Waals surface area contributed by atoms with Crippen LogP contribution in [0.4, 0.5) is 0 Å². The zero-order valence-corrected chi connectivity index (χ0v) is 21.6. The van der Waals surface area contributed by atoms with Crippen LogP contribution in [-0.2, 0) is 14.8 Å². The lowest BCUT2D eigenvalue weighted by atomic mass is 9.83. The summed E-state index contributed by atoms with van der Waals surface area (Å²) in [5.41, 5.74) is 0.934. The highest BCUT2D eigenvalue weighted by Crippen LogP contribution is 2.43. The number of sulfonamides is 1. The molecule has 3 atom stereocenters. The Morgan fingerprint density at radius 2 is 1.85 bits per heavy atom. The summed E-state index contributed by atoms with van der Waals surface area (Å²) in [5.74, 6) is -0.0566. The number of carboxylic acids is 1. The quantitative estimate of drug-likeness (QED) is 0.390. The van der Waals surface area contributed by atoms with Crippen molar-refractivity contribution in [1.29, 1.82) is 0 Å². The molecule has 8 nitrogen and oxygen atoms in total. The maximum atomic E-state index is 12.8. The normalized spacial score (nSPS) is 22.5. The van der Waals surface area contributed by atoms with Crippen molar-refractivity contribution in [2.24, 2.45) is 5.92 Å². The van der Waals surface area contributed by atoms with Crippen LogP contribution in [-0.4, -0.2) is 73.5 Å². The van der Waals surface area contributed by atoms with E-state index in [0.717, 1.165) is 37.7 Å². The fourth-order valence-corrected chi connectivity index (χ4v) is 6.87. The van der Waals surface area contributed by atoms with Crippen molar-refractivity contribution in [1.82, 2.24) is 9.21 Å². The summed E-state index contributed by atoms with van der Waals surface area (Å²) in [5, 5.41) is 10.3. The maximum absolute atomic E-state index is 12.8. The Kier molecular flexibility index (Phi) is 9.62. The maximum Gasteiger partial charge on any atom is 0.308 e. The predicted molar refractivity (Wildman–Crippen MR) is 132 cm³/mol. The molecule has 1 aromatic carbocycles. The molecule has 9 heteroatoms. The third-order valence-electron chi connectivity index (χ3n) is 6.93. The Labute approximate surface area is 204 Å². The number of carbonyl (C=O) groups is 1. The average molecular weight is 497 g/mol. The summed E-state index contributed by atoms with van der Waals surface area (Å²) < 4.78 is 38.1. The highest BCUT2D eigenvalue weighted by Gasteiger charge is 2.46. The average Bonchev–Trinajstić information content (AvgIpc) is 3.40. The number of fused-ring (bicyclic) bond motifs is 1. The topological polar surface area (TPSA) is 96.4 Å². The van der Waals surface area contributed by atoms with Crippen molar-refractivity contribution in [2.45, 2.75) is 71.3 Å². The number of aliphatic carboxylic acids is 1. The zero-order valence-electron chi connectivity index (χ0n) is 20.7. The fourth-order valence-electron chi connectivity index (χ4n) is 5.28. The highest BCUT2D eigenvalue weighted by atomic mass is 32.2. The molecule has 0 aromatic heterocycles. The molecular formula is C25H40N2O6S. The van der Waals surface area contributed by atoms with E-state index in [1.54, 1.807) is 4.31 Å². The number of nitrogens with zero attached hydrogens (tertiary/aromatic N) is 2. The molecule has 1 saturated heterocycles. The van der Waals surface area contributed by atoms with E-state index >= 15 is 0 Å². The lowest BCUT2D eigenvalue weighted by Crippen LogP contribution is -2.43. The Balaban J connectivity index is 1.84. The second-order valence-electron chi connectivity index (χ2n) is 9.36. The van der Waals surface area contributed by atoms with Crippen LogP contribution in [0.3, 0.4) is 0 Å². The van der Waals surface area contributed by atoms with Gasteiger partial charge in [-0.1, -0.05) is 46.1 Å². The molecule has 0 amide bonds. The molecule has 3 rings (SSSR count). The first-order valence-electron chi connectivity index (χ1n) is 12.7. The summed E-state index contributed by atoms with van der Waals surface area (Å²) in [6.45, 7) is 8.17. The van der Waals surface area contributed by atoms with Gasteiger partial charge in [-0.25, -0.2) is 12.7 Å². The SMILES string of the molecule is CCCCC[C@H]1[C@H](C(=O)O)[C@@H](c2ccc3c(c2)OCO3)CN1CCN(CCC)S(=O)(=O)CCC. The summed E-state index contributed by atoms with van der Waals surface area (Å²) in [7, 11) is -3.31. The van der Waals surface area contributed by atoms with Crippen LogP contribution < -0.4 is 9.47 Å². The monoisotopic (exact) mass is 496 g/mol. The predicted octanol–water partition coefficient (Wildman–Crippen LogP) is 3.92. The van der Waals surface area contributed by atoms with E-state index in [4.69, 9.17) is 9.47 Å².